The van der Waals surface area contributed by atoms with Gasteiger partial charge in [-0.25, -0.2) is 8.42 Å². The van der Waals surface area contributed by atoms with Crippen molar-refractivity contribution in [2.24, 2.45) is 0 Å². The van der Waals surface area contributed by atoms with Gasteiger partial charge in [0.25, 0.3) is 10.0 Å². The molecule has 10 heteroatoms. The maximum Gasteiger partial charge on any atom is 0.264 e. The van der Waals surface area contributed by atoms with Gasteiger partial charge >= 0.3 is 0 Å². The molecule has 34 heavy (non-hydrogen) atoms. The molecule has 0 aliphatic rings. The van der Waals surface area contributed by atoms with Crippen LogP contribution in [0.1, 0.15) is 11.1 Å². The number of carbonyl (C=O) groups excluding carboxylic acids is 1. The van der Waals surface area contributed by atoms with E-state index in [2.05, 4.69) is 5.32 Å². The number of amides is 1. The van der Waals surface area contributed by atoms with Crippen LogP contribution in [0.15, 0.2) is 65.6 Å². The van der Waals surface area contributed by atoms with E-state index in [1.807, 2.05) is 6.92 Å². The molecule has 0 fully saturated rings. The van der Waals surface area contributed by atoms with Gasteiger partial charge in [0, 0.05) is 22.7 Å². The van der Waals surface area contributed by atoms with E-state index in [0.29, 0.717) is 21.4 Å². The van der Waals surface area contributed by atoms with Crippen molar-refractivity contribution in [2.45, 2.75) is 18.4 Å². The number of rotatable bonds is 9. The number of nitrogens with one attached hydrogen (secondary N) is 1. The number of sulfonamides is 1. The van der Waals surface area contributed by atoms with Crippen molar-refractivity contribution in [3.05, 3.63) is 81.8 Å². The zero-order valence-electron chi connectivity index (χ0n) is 18.8. The fourth-order valence-corrected chi connectivity index (χ4v) is 5.07. The van der Waals surface area contributed by atoms with Crippen LogP contribution < -0.4 is 19.1 Å². The van der Waals surface area contributed by atoms with Crippen molar-refractivity contribution in [3.8, 4) is 11.5 Å². The lowest BCUT2D eigenvalue weighted by molar-refractivity contribution is -0.119. The number of benzene rings is 3. The molecule has 180 valence electrons. The molecule has 0 heterocycles. The summed E-state index contributed by atoms with van der Waals surface area (Å²) in [6.07, 6.45) is 0. The highest BCUT2D eigenvalue weighted by Crippen LogP contribution is 2.35. The monoisotopic (exact) mass is 522 g/mol. The average Bonchev–Trinajstić information content (AvgIpc) is 2.81. The Balaban J connectivity index is 1.96. The first kappa shape index (κ1) is 25.7. The summed E-state index contributed by atoms with van der Waals surface area (Å²) in [5, 5.41) is 3.58. The second-order valence-electron chi connectivity index (χ2n) is 7.37. The van der Waals surface area contributed by atoms with Crippen LogP contribution in [0.4, 0.5) is 5.69 Å². The third kappa shape index (κ3) is 5.94. The van der Waals surface area contributed by atoms with Crippen molar-refractivity contribution in [2.75, 3.05) is 25.1 Å². The maximum atomic E-state index is 13.6. The average molecular weight is 523 g/mol. The predicted octanol–water partition coefficient (Wildman–Crippen LogP) is 4.83. The van der Waals surface area contributed by atoms with Crippen LogP contribution >= 0.6 is 23.2 Å². The first-order valence-corrected chi connectivity index (χ1v) is 12.4. The van der Waals surface area contributed by atoms with Crippen molar-refractivity contribution >= 4 is 44.8 Å². The van der Waals surface area contributed by atoms with Gasteiger partial charge in [0.05, 0.1) is 24.8 Å². The first-order chi connectivity index (χ1) is 16.1. The molecule has 0 spiro atoms. The molecule has 0 aliphatic carbocycles. The minimum atomic E-state index is -4.13. The number of halogens is 2. The molecule has 0 radical (unpaired) electrons. The van der Waals surface area contributed by atoms with Gasteiger partial charge in [-0.3, -0.25) is 9.10 Å². The molecule has 1 amide bonds. The van der Waals surface area contributed by atoms with Gasteiger partial charge in [-0.05, 0) is 48.9 Å². The molecule has 3 aromatic carbocycles. The number of carbonyl (C=O) groups is 1. The second-order valence-corrected chi connectivity index (χ2v) is 10.1. The zero-order chi connectivity index (χ0) is 24.9. The Kier molecular flexibility index (Phi) is 8.30. The number of hydrogen-bond acceptors (Lipinski definition) is 5. The Morgan fingerprint density at radius 2 is 1.68 bits per heavy atom. The van der Waals surface area contributed by atoms with Gasteiger partial charge in [0.2, 0.25) is 5.91 Å². The quantitative estimate of drug-likeness (QED) is 0.434. The molecule has 0 aliphatic heterocycles. The second kappa shape index (κ2) is 11.0. The summed E-state index contributed by atoms with van der Waals surface area (Å²) < 4.78 is 38.9. The first-order valence-electron chi connectivity index (χ1n) is 10.2. The Hall–Kier alpha value is -2.94. The molecule has 0 unspecified atom stereocenters. The fourth-order valence-electron chi connectivity index (χ4n) is 3.17. The highest BCUT2D eigenvalue weighted by molar-refractivity contribution is 7.92. The summed E-state index contributed by atoms with van der Waals surface area (Å²) in [7, 11) is -1.24. The van der Waals surface area contributed by atoms with Crippen molar-refractivity contribution < 1.29 is 22.7 Å². The number of anilines is 1. The largest absolute Gasteiger partial charge is 0.497 e. The van der Waals surface area contributed by atoms with Crippen LogP contribution in [0.2, 0.25) is 10.0 Å². The molecule has 0 bridgehead atoms. The van der Waals surface area contributed by atoms with E-state index in [1.54, 1.807) is 42.5 Å². The smallest absolute Gasteiger partial charge is 0.264 e. The van der Waals surface area contributed by atoms with Gasteiger partial charge in [-0.15, -0.1) is 0 Å². The summed E-state index contributed by atoms with van der Waals surface area (Å²) in [5.41, 5.74) is 1.72. The van der Waals surface area contributed by atoms with E-state index in [0.717, 1.165) is 9.87 Å². The van der Waals surface area contributed by atoms with Gasteiger partial charge in [0.15, 0.2) is 0 Å². The lowest BCUT2D eigenvalue weighted by atomic mass is 10.2. The van der Waals surface area contributed by atoms with E-state index in [9.17, 15) is 13.2 Å². The van der Waals surface area contributed by atoms with Crippen molar-refractivity contribution in [3.63, 3.8) is 0 Å². The third-order valence-corrected chi connectivity index (χ3v) is 7.40. The zero-order valence-corrected chi connectivity index (χ0v) is 21.2. The number of nitrogens with zero attached hydrogens (tertiary/aromatic N) is 1. The summed E-state index contributed by atoms with van der Waals surface area (Å²) in [5.74, 6) is 0.143. The standard InChI is InChI=1S/C24H24Cl2N2O5S/c1-16-4-9-20(10-5-16)34(30,31)28(22-13-19(32-2)8-11-23(22)33-3)15-24(29)27-14-17-6-7-18(25)12-21(17)26/h4-13H,14-15H2,1-3H3,(H,27,29). The lowest BCUT2D eigenvalue weighted by Gasteiger charge is -2.26. The Labute approximate surface area is 209 Å². The molecular formula is C24H24Cl2N2O5S. The Bertz CT molecular complexity index is 1280. The SMILES string of the molecule is COc1ccc(OC)c(N(CC(=O)NCc2ccc(Cl)cc2Cl)S(=O)(=O)c2ccc(C)cc2)c1. The van der Waals surface area contributed by atoms with E-state index < -0.39 is 22.5 Å². The minimum Gasteiger partial charge on any atom is -0.497 e. The molecule has 0 atom stereocenters. The number of hydrogen-bond donors (Lipinski definition) is 1. The van der Waals surface area contributed by atoms with Crippen LogP contribution in [0, 0.1) is 6.92 Å². The highest BCUT2D eigenvalue weighted by atomic mass is 35.5. The Morgan fingerprint density at radius 3 is 2.29 bits per heavy atom. The van der Waals surface area contributed by atoms with Crippen molar-refractivity contribution in [1.29, 1.82) is 0 Å². The highest BCUT2D eigenvalue weighted by Gasteiger charge is 2.30. The van der Waals surface area contributed by atoms with Crippen LogP contribution in [0.5, 0.6) is 11.5 Å². The van der Waals surface area contributed by atoms with Crippen LogP contribution in [0.3, 0.4) is 0 Å². The summed E-state index contributed by atoms with van der Waals surface area (Å²) in [4.78, 5) is 12.9. The van der Waals surface area contributed by atoms with Crippen molar-refractivity contribution in [1.82, 2.24) is 5.32 Å². The van der Waals surface area contributed by atoms with E-state index in [1.165, 1.54) is 32.4 Å². The maximum absolute atomic E-state index is 13.6. The summed E-state index contributed by atoms with van der Waals surface area (Å²) in [6, 6.07) is 16.0. The topological polar surface area (TPSA) is 84.9 Å². The molecule has 7 nitrogen and oxygen atoms in total. The number of aryl methyl sites for hydroxylation is 1. The third-order valence-electron chi connectivity index (χ3n) is 5.04. The molecule has 3 rings (SSSR count). The fraction of sp³-hybridized carbons (Fsp3) is 0.208. The van der Waals surface area contributed by atoms with Gasteiger partial charge in [-0.1, -0.05) is 47.0 Å². The minimum absolute atomic E-state index is 0.0384. The van der Waals surface area contributed by atoms with Gasteiger partial charge in [-0.2, -0.15) is 0 Å². The van der Waals surface area contributed by atoms with E-state index in [4.69, 9.17) is 32.7 Å². The predicted molar refractivity (Wildman–Crippen MR) is 134 cm³/mol. The van der Waals surface area contributed by atoms with Gasteiger partial charge in [0.1, 0.15) is 18.0 Å². The lowest BCUT2D eigenvalue weighted by Crippen LogP contribution is -2.41. The number of methoxy groups -OCH3 is 2. The molecule has 0 saturated carbocycles. The normalized spacial score (nSPS) is 11.1. The Morgan fingerprint density at radius 1 is 0.971 bits per heavy atom. The van der Waals surface area contributed by atoms with Crippen LogP contribution in [0.25, 0.3) is 0 Å². The molecule has 1 N–H and O–H groups in total. The van der Waals surface area contributed by atoms with Crippen LogP contribution in [-0.4, -0.2) is 35.1 Å². The molecule has 3 aromatic rings. The number of ether oxygens (including phenoxy) is 2. The van der Waals surface area contributed by atoms with E-state index in [-0.39, 0.29) is 22.9 Å². The molecule has 0 saturated heterocycles. The van der Waals surface area contributed by atoms with E-state index >= 15 is 0 Å². The van der Waals surface area contributed by atoms with Gasteiger partial charge < -0.3 is 14.8 Å². The molecule has 0 aromatic heterocycles. The summed E-state index contributed by atoms with van der Waals surface area (Å²) in [6.45, 7) is 1.46. The summed E-state index contributed by atoms with van der Waals surface area (Å²) >= 11 is 12.1. The molecular weight excluding hydrogens is 499 g/mol. The van der Waals surface area contributed by atoms with Crippen LogP contribution in [-0.2, 0) is 21.4 Å².